The van der Waals surface area contributed by atoms with Crippen molar-refractivity contribution in [1.29, 1.82) is 0 Å². The third kappa shape index (κ3) is 2.52. The van der Waals surface area contributed by atoms with E-state index in [4.69, 9.17) is 5.73 Å². The van der Waals surface area contributed by atoms with Crippen LogP contribution in [-0.2, 0) is 14.3 Å². The molecule has 0 aromatic carbocycles. The molecule has 0 spiro atoms. The Kier molecular flexibility index (Phi) is 3.68. The molecule has 1 radical (unpaired) electrons. The van der Waals surface area contributed by atoms with Gasteiger partial charge < -0.3 is 4.74 Å². The summed E-state index contributed by atoms with van der Waals surface area (Å²) in [5.41, 5.74) is 6.39. The Morgan fingerprint density at radius 3 is 2.42 bits per heavy atom. The highest BCUT2D eigenvalue weighted by Gasteiger charge is 2.38. The average Bonchev–Trinajstić information content (AvgIpc) is 1.85. The first-order valence-corrected chi connectivity index (χ1v) is 3.06. The second-order valence-electron chi connectivity index (χ2n) is 1.80. The minimum absolute atomic E-state index is 0.0591. The highest BCUT2D eigenvalue weighted by molar-refractivity contribution is 5.99. The zero-order valence-electron chi connectivity index (χ0n) is 6.27. The van der Waals surface area contributed by atoms with Crippen molar-refractivity contribution in [3.63, 3.8) is 0 Å². The van der Waals surface area contributed by atoms with Gasteiger partial charge in [-0.2, -0.15) is 0 Å². The molecule has 1 amide bonds. The zero-order valence-corrected chi connectivity index (χ0v) is 6.27. The third-order valence-electron chi connectivity index (χ3n) is 0.969. The molecule has 7 nitrogen and oxygen atoms in total. The molecule has 0 rings (SSSR count). The number of nitro groups is 1. The van der Waals surface area contributed by atoms with Crippen molar-refractivity contribution in [2.75, 3.05) is 6.61 Å². The van der Waals surface area contributed by atoms with Crippen molar-refractivity contribution in [3.05, 3.63) is 10.1 Å². The molecule has 7 heteroatoms. The van der Waals surface area contributed by atoms with Gasteiger partial charge in [-0.3, -0.25) is 20.6 Å². The number of rotatable bonds is 4. The first-order valence-electron chi connectivity index (χ1n) is 3.06. The van der Waals surface area contributed by atoms with Crippen LogP contribution in [0.25, 0.3) is 0 Å². The Balaban J connectivity index is 4.41. The molecule has 0 saturated heterocycles. The summed E-state index contributed by atoms with van der Waals surface area (Å²) >= 11 is 0. The van der Waals surface area contributed by atoms with E-state index in [1.165, 1.54) is 6.92 Å². The Labute approximate surface area is 67.6 Å². The van der Waals surface area contributed by atoms with Gasteiger partial charge in [-0.1, -0.05) is 0 Å². The standard InChI is InChI=1S/C5H7N2O5/c1-2-12-5(9)3(4(6)8)7(10)11/h3,6H,2H2,1H3. The topological polar surface area (TPSA) is 110 Å². The normalized spacial score (nSPS) is 11.8. The molecule has 0 aliphatic rings. The molecule has 0 aliphatic carbocycles. The van der Waals surface area contributed by atoms with Crippen molar-refractivity contribution in [2.45, 2.75) is 13.0 Å². The van der Waals surface area contributed by atoms with Crippen LogP contribution in [0.1, 0.15) is 6.92 Å². The van der Waals surface area contributed by atoms with Crippen LogP contribution in [0.2, 0.25) is 0 Å². The summed E-state index contributed by atoms with van der Waals surface area (Å²) < 4.78 is 4.21. The number of ether oxygens (including phenoxy) is 1. The molecule has 1 unspecified atom stereocenters. The summed E-state index contributed by atoms with van der Waals surface area (Å²) in [7, 11) is 0. The van der Waals surface area contributed by atoms with Crippen LogP contribution in [0.15, 0.2) is 0 Å². The van der Waals surface area contributed by atoms with Crippen LogP contribution in [-0.4, -0.2) is 29.4 Å². The minimum Gasteiger partial charge on any atom is -0.460 e. The van der Waals surface area contributed by atoms with Crippen LogP contribution >= 0.6 is 0 Å². The van der Waals surface area contributed by atoms with Gasteiger partial charge >= 0.3 is 17.9 Å². The van der Waals surface area contributed by atoms with Gasteiger partial charge in [0.2, 0.25) is 0 Å². The number of amides is 1. The summed E-state index contributed by atoms with van der Waals surface area (Å²) in [6.07, 6.45) is 0. The lowest BCUT2D eigenvalue weighted by Crippen LogP contribution is -2.39. The molecular weight excluding hydrogens is 168 g/mol. The summed E-state index contributed by atoms with van der Waals surface area (Å²) in [5.74, 6) is -2.86. The number of hydrogen-bond donors (Lipinski definition) is 0. The maximum atomic E-state index is 10.6. The van der Waals surface area contributed by atoms with Gasteiger partial charge in [0.15, 0.2) is 0 Å². The average molecular weight is 175 g/mol. The van der Waals surface area contributed by atoms with E-state index in [1.54, 1.807) is 0 Å². The fourth-order valence-corrected chi connectivity index (χ4v) is 0.510. The fraction of sp³-hybridized carbons (Fsp3) is 0.600. The van der Waals surface area contributed by atoms with Crippen molar-refractivity contribution in [3.8, 4) is 0 Å². The van der Waals surface area contributed by atoms with E-state index in [-0.39, 0.29) is 6.61 Å². The van der Waals surface area contributed by atoms with Crippen LogP contribution in [0.4, 0.5) is 0 Å². The maximum absolute atomic E-state index is 10.6. The van der Waals surface area contributed by atoms with Crippen LogP contribution in [0, 0.1) is 10.1 Å². The first-order chi connectivity index (χ1) is 5.50. The zero-order chi connectivity index (χ0) is 9.72. The molecule has 0 aromatic heterocycles. The second-order valence-corrected chi connectivity index (χ2v) is 1.80. The van der Waals surface area contributed by atoms with Gasteiger partial charge in [0, 0.05) is 4.92 Å². The molecular formula is C5H7N2O5. The highest BCUT2D eigenvalue weighted by Crippen LogP contribution is 1.93. The van der Waals surface area contributed by atoms with Crippen molar-refractivity contribution in [1.82, 2.24) is 5.73 Å². The van der Waals surface area contributed by atoms with E-state index >= 15 is 0 Å². The molecule has 67 valence electrons. The SMILES string of the molecule is CCOC(=O)C(C([NH])=O)[N+](=O)[O-]. The van der Waals surface area contributed by atoms with Gasteiger partial charge in [0.1, 0.15) is 0 Å². The molecule has 0 heterocycles. The molecule has 12 heavy (non-hydrogen) atoms. The highest BCUT2D eigenvalue weighted by atomic mass is 16.6. The van der Waals surface area contributed by atoms with Crippen LogP contribution in [0.3, 0.4) is 0 Å². The summed E-state index contributed by atoms with van der Waals surface area (Å²) in [5, 5.41) is 10.0. The monoisotopic (exact) mass is 175 g/mol. The smallest absolute Gasteiger partial charge is 0.392 e. The summed E-state index contributed by atoms with van der Waals surface area (Å²) in [4.78, 5) is 29.7. The van der Waals surface area contributed by atoms with Crippen molar-refractivity contribution >= 4 is 11.9 Å². The van der Waals surface area contributed by atoms with Gasteiger partial charge in [-0.25, -0.2) is 4.79 Å². The van der Waals surface area contributed by atoms with E-state index in [9.17, 15) is 19.7 Å². The molecule has 0 aromatic rings. The maximum Gasteiger partial charge on any atom is 0.392 e. The Morgan fingerprint density at radius 1 is 1.67 bits per heavy atom. The lowest BCUT2D eigenvalue weighted by atomic mass is 10.3. The Hall–Kier alpha value is -1.66. The van der Waals surface area contributed by atoms with E-state index < -0.39 is 22.8 Å². The number of nitrogens with zero attached hydrogens (tertiary/aromatic N) is 1. The third-order valence-corrected chi connectivity index (χ3v) is 0.969. The fourth-order valence-electron chi connectivity index (χ4n) is 0.510. The Bertz CT molecular complexity index is 200. The van der Waals surface area contributed by atoms with Gasteiger partial charge in [-0.05, 0) is 6.92 Å². The van der Waals surface area contributed by atoms with E-state index in [0.29, 0.717) is 0 Å². The second kappa shape index (κ2) is 4.27. The summed E-state index contributed by atoms with van der Waals surface area (Å²) in [6, 6.07) is -2.20. The number of nitrogens with one attached hydrogen (secondary N) is 1. The van der Waals surface area contributed by atoms with E-state index in [0.717, 1.165) is 0 Å². The molecule has 0 saturated carbocycles. The summed E-state index contributed by atoms with van der Waals surface area (Å²) in [6.45, 7) is 1.39. The number of esters is 1. The molecule has 1 atom stereocenters. The van der Waals surface area contributed by atoms with Crippen LogP contribution in [0.5, 0.6) is 0 Å². The number of carbonyl (C=O) groups is 2. The predicted octanol–water partition coefficient (Wildman–Crippen LogP) is -0.996. The first kappa shape index (κ1) is 10.3. The van der Waals surface area contributed by atoms with Gasteiger partial charge in [0.25, 0.3) is 0 Å². The van der Waals surface area contributed by atoms with Gasteiger partial charge in [0.05, 0.1) is 6.61 Å². The molecule has 0 aliphatic heterocycles. The lowest BCUT2D eigenvalue weighted by Gasteiger charge is -2.02. The molecule has 0 fully saturated rings. The van der Waals surface area contributed by atoms with Crippen LogP contribution < -0.4 is 5.73 Å². The van der Waals surface area contributed by atoms with Gasteiger partial charge in [-0.15, -0.1) is 0 Å². The minimum atomic E-state index is -2.20. The number of carbonyl (C=O) groups excluding carboxylic acids is 2. The van der Waals surface area contributed by atoms with Crippen molar-refractivity contribution < 1.29 is 19.2 Å². The molecule has 1 N–H and O–H groups in total. The van der Waals surface area contributed by atoms with Crippen molar-refractivity contribution in [2.24, 2.45) is 0 Å². The van der Waals surface area contributed by atoms with E-state index in [1.807, 2.05) is 0 Å². The van der Waals surface area contributed by atoms with E-state index in [2.05, 4.69) is 4.74 Å². The lowest BCUT2D eigenvalue weighted by molar-refractivity contribution is -0.496. The Morgan fingerprint density at radius 2 is 2.17 bits per heavy atom. The quantitative estimate of drug-likeness (QED) is 0.235. The number of hydrogen-bond acceptors (Lipinski definition) is 5. The predicted molar refractivity (Wildman–Crippen MR) is 35.5 cm³/mol. The molecule has 0 bridgehead atoms. The largest absolute Gasteiger partial charge is 0.460 e.